The lowest BCUT2D eigenvalue weighted by Gasteiger charge is -1.94. The van der Waals surface area contributed by atoms with Gasteiger partial charge in [-0.05, 0) is 12.8 Å². The molecule has 2 nitrogen and oxygen atoms in total. The molecular formula is C10H12O2. The van der Waals surface area contributed by atoms with Crippen LogP contribution in [0.3, 0.4) is 0 Å². The second-order valence-electron chi connectivity index (χ2n) is 2.25. The first kappa shape index (κ1) is 8.65. The van der Waals surface area contributed by atoms with Crippen LogP contribution in [0.15, 0.2) is 49.4 Å². The average molecular weight is 164 g/mol. The van der Waals surface area contributed by atoms with E-state index in [1.807, 2.05) is 0 Å². The number of hydrogen-bond donors (Lipinski definition) is 0. The Kier molecular flexibility index (Phi) is 4.53. The first-order valence-electron chi connectivity index (χ1n) is 3.93. The van der Waals surface area contributed by atoms with E-state index in [-0.39, 0.29) is 0 Å². The maximum absolute atomic E-state index is 4.58. The minimum absolute atomic E-state index is 1.23. The Balaban J connectivity index is 0.000000120. The van der Waals surface area contributed by atoms with Crippen LogP contribution in [-0.4, -0.2) is 0 Å². The highest BCUT2D eigenvalue weighted by Crippen LogP contribution is 1.98. The van der Waals surface area contributed by atoms with Crippen molar-refractivity contribution in [1.82, 2.24) is 0 Å². The van der Waals surface area contributed by atoms with Gasteiger partial charge in [-0.1, -0.05) is 24.3 Å². The van der Waals surface area contributed by atoms with Crippen LogP contribution in [0.1, 0.15) is 12.8 Å². The predicted molar refractivity (Wildman–Crippen MR) is 48.0 cm³/mol. The van der Waals surface area contributed by atoms with Gasteiger partial charge < -0.3 is 9.47 Å². The normalized spacial score (nSPS) is 17.3. The zero-order valence-corrected chi connectivity index (χ0v) is 6.85. The van der Waals surface area contributed by atoms with Crippen LogP contribution < -0.4 is 0 Å². The smallest absolute Gasteiger partial charge is 0.125 e. The number of hydrogen-bond acceptors (Lipinski definition) is 2. The van der Waals surface area contributed by atoms with E-state index in [9.17, 15) is 0 Å². The zero-order chi connectivity index (χ0) is 8.49. The molecule has 64 valence electrons. The molecule has 2 heteroatoms. The largest absolute Gasteiger partial charge is 0.466 e. The molecule has 2 aliphatic rings. The van der Waals surface area contributed by atoms with Crippen molar-refractivity contribution in [3.05, 3.63) is 49.4 Å². The molecule has 0 saturated carbocycles. The van der Waals surface area contributed by atoms with Crippen molar-refractivity contribution in [2.45, 2.75) is 12.8 Å². The van der Waals surface area contributed by atoms with Gasteiger partial charge in [-0.25, -0.2) is 0 Å². The van der Waals surface area contributed by atoms with E-state index < -0.39 is 0 Å². The van der Waals surface area contributed by atoms with Crippen LogP contribution in [-0.2, 0) is 9.47 Å². The fraction of sp³-hybridized carbons (Fsp3) is 0.200. The van der Waals surface area contributed by atoms with Crippen LogP contribution in [0.4, 0.5) is 0 Å². The molecule has 0 radical (unpaired) electrons. The number of allylic oxidation sites excluding steroid dienone is 4. The first-order valence-corrected chi connectivity index (χ1v) is 3.93. The Bertz CT molecular complexity index is 180. The fourth-order valence-corrected chi connectivity index (χ4v) is 0.761. The van der Waals surface area contributed by atoms with E-state index >= 15 is 0 Å². The maximum Gasteiger partial charge on any atom is 0.125 e. The molecule has 0 fully saturated rings. The Morgan fingerprint density at radius 1 is 0.667 bits per heavy atom. The van der Waals surface area contributed by atoms with Gasteiger partial charge >= 0.3 is 0 Å². The Morgan fingerprint density at radius 3 is 1.25 bits per heavy atom. The molecule has 0 unspecified atom stereocenters. The molecule has 0 atom stereocenters. The van der Waals surface area contributed by atoms with Crippen molar-refractivity contribution < 1.29 is 9.47 Å². The Hall–Kier alpha value is -1.44. The summed E-state index contributed by atoms with van der Waals surface area (Å²) in [4.78, 5) is 0. The number of ether oxygens (including phenoxy) is 2. The lowest BCUT2D eigenvalue weighted by molar-refractivity contribution is 0.290. The summed E-state index contributed by atoms with van der Waals surface area (Å²) in [5.41, 5.74) is 0. The van der Waals surface area contributed by atoms with E-state index in [0.717, 1.165) is 0 Å². The summed E-state index contributed by atoms with van der Waals surface area (Å²) in [6, 6.07) is 0. The molecule has 0 N–H and O–H groups in total. The summed E-state index contributed by atoms with van der Waals surface area (Å²) < 4.78 is 9.17. The van der Waals surface area contributed by atoms with Crippen LogP contribution >= 0.6 is 0 Å². The molecule has 0 saturated heterocycles. The molecule has 0 aromatic heterocycles. The molecule has 0 aromatic rings. The fourth-order valence-electron chi connectivity index (χ4n) is 0.761. The predicted octanol–water partition coefficient (Wildman–Crippen LogP) is 2.87. The molecule has 1 heterocycles. The summed E-state index contributed by atoms with van der Waals surface area (Å²) in [5.74, 6) is 0. The third kappa shape index (κ3) is 4.39. The number of rotatable bonds is 0. The zero-order valence-electron chi connectivity index (χ0n) is 6.85. The molecular weight excluding hydrogens is 152 g/mol. The molecule has 2 rings (SSSR count). The second-order valence-corrected chi connectivity index (χ2v) is 2.25. The Morgan fingerprint density at radius 2 is 1.08 bits per heavy atom. The molecule has 0 bridgehead atoms. The van der Waals surface area contributed by atoms with Crippen LogP contribution in [0.5, 0.6) is 0 Å². The van der Waals surface area contributed by atoms with Gasteiger partial charge in [-0.3, -0.25) is 0 Å². The lowest BCUT2D eigenvalue weighted by atomic mass is 10.2. The van der Waals surface area contributed by atoms with E-state index in [2.05, 4.69) is 33.8 Å². The van der Waals surface area contributed by atoms with Gasteiger partial charge in [0.1, 0.15) is 25.0 Å². The highest BCUT2D eigenvalue weighted by atomic mass is 16.5. The van der Waals surface area contributed by atoms with Crippen molar-refractivity contribution >= 4 is 0 Å². The van der Waals surface area contributed by atoms with Gasteiger partial charge in [0, 0.05) is 0 Å². The highest BCUT2D eigenvalue weighted by Gasteiger charge is 1.77. The summed E-state index contributed by atoms with van der Waals surface area (Å²) >= 11 is 0. The lowest BCUT2D eigenvalue weighted by Crippen LogP contribution is -1.74. The van der Waals surface area contributed by atoms with Gasteiger partial charge in [0.2, 0.25) is 0 Å². The van der Waals surface area contributed by atoms with Crippen molar-refractivity contribution in [1.29, 1.82) is 0 Å². The van der Waals surface area contributed by atoms with Gasteiger partial charge in [-0.15, -0.1) is 0 Å². The second kappa shape index (κ2) is 6.28. The van der Waals surface area contributed by atoms with Gasteiger partial charge in [0.05, 0.1) is 0 Å². The van der Waals surface area contributed by atoms with Crippen molar-refractivity contribution in [2.75, 3.05) is 0 Å². The van der Waals surface area contributed by atoms with Crippen molar-refractivity contribution in [2.24, 2.45) is 0 Å². The highest BCUT2D eigenvalue weighted by molar-refractivity contribution is 5.07. The summed E-state index contributed by atoms with van der Waals surface area (Å²) in [7, 11) is 0. The van der Waals surface area contributed by atoms with Crippen LogP contribution in [0.25, 0.3) is 0 Å². The average Bonchev–Trinajstić information content (AvgIpc) is 2.24. The molecule has 12 heavy (non-hydrogen) atoms. The van der Waals surface area contributed by atoms with Gasteiger partial charge in [0.15, 0.2) is 0 Å². The third-order valence-corrected chi connectivity index (χ3v) is 1.31. The van der Waals surface area contributed by atoms with Crippen molar-refractivity contribution in [3.8, 4) is 0 Å². The molecule has 1 aliphatic heterocycles. The molecule has 1 aliphatic carbocycles. The van der Waals surface area contributed by atoms with Crippen LogP contribution in [0, 0.1) is 0 Å². The standard InChI is InChI=1S/C6H8.C4H4O2/c1-2-4-6-5-3-1;1-2-6-4-3-5-1/h1-4H,5-6H2;1-4H. The minimum Gasteiger partial charge on any atom is -0.466 e. The Labute approximate surface area is 72.5 Å². The summed E-state index contributed by atoms with van der Waals surface area (Å²) in [6.07, 6.45) is 16.8. The SMILES string of the molecule is C1=CCCC=C1.C1=COC=CO1. The van der Waals surface area contributed by atoms with E-state index in [1.54, 1.807) is 0 Å². The first-order chi connectivity index (χ1) is 6.00. The quantitative estimate of drug-likeness (QED) is 0.548. The van der Waals surface area contributed by atoms with Gasteiger partial charge in [-0.2, -0.15) is 0 Å². The van der Waals surface area contributed by atoms with E-state index in [0.29, 0.717) is 0 Å². The van der Waals surface area contributed by atoms with Crippen molar-refractivity contribution in [3.63, 3.8) is 0 Å². The third-order valence-electron chi connectivity index (χ3n) is 1.31. The summed E-state index contributed by atoms with van der Waals surface area (Å²) in [5, 5.41) is 0. The molecule has 0 amide bonds. The van der Waals surface area contributed by atoms with Crippen LogP contribution in [0.2, 0.25) is 0 Å². The monoisotopic (exact) mass is 164 g/mol. The summed E-state index contributed by atoms with van der Waals surface area (Å²) in [6.45, 7) is 0. The van der Waals surface area contributed by atoms with Gasteiger partial charge in [0.25, 0.3) is 0 Å². The minimum atomic E-state index is 1.23. The maximum atomic E-state index is 4.58. The van der Waals surface area contributed by atoms with E-state index in [4.69, 9.17) is 0 Å². The van der Waals surface area contributed by atoms with E-state index in [1.165, 1.54) is 37.9 Å². The topological polar surface area (TPSA) is 18.5 Å². The molecule has 0 aromatic carbocycles. The molecule has 0 spiro atoms.